The van der Waals surface area contributed by atoms with Crippen molar-refractivity contribution in [1.82, 2.24) is 10.6 Å². The van der Waals surface area contributed by atoms with Gasteiger partial charge in [0.1, 0.15) is 5.75 Å². The van der Waals surface area contributed by atoms with Gasteiger partial charge in [-0.05, 0) is 40.1 Å². The zero-order chi connectivity index (χ0) is 15.1. The highest BCUT2D eigenvalue weighted by molar-refractivity contribution is 7.07. The Morgan fingerprint density at radius 3 is 2.14 bits per heavy atom. The van der Waals surface area contributed by atoms with Gasteiger partial charge in [0.05, 0.1) is 7.11 Å². The molecule has 1 heterocycles. The number of carbonyl (C=O) groups is 2. The molecule has 0 bridgehead atoms. The van der Waals surface area contributed by atoms with E-state index >= 15 is 0 Å². The summed E-state index contributed by atoms with van der Waals surface area (Å²) in [6.07, 6.45) is 0. The number of thiophene rings is 1. The lowest BCUT2D eigenvalue weighted by Crippen LogP contribution is -2.39. The summed E-state index contributed by atoms with van der Waals surface area (Å²) in [6.45, 7) is 0.660. The van der Waals surface area contributed by atoms with Crippen LogP contribution in [-0.4, -0.2) is 18.9 Å². The minimum atomic E-state index is -0.638. The highest BCUT2D eigenvalue weighted by Crippen LogP contribution is 2.10. The summed E-state index contributed by atoms with van der Waals surface area (Å²) in [4.78, 5) is 23.3. The normalized spacial score (nSPS) is 9.95. The van der Waals surface area contributed by atoms with Crippen LogP contribution in [-0.2, 0) is 22.7 Å². The van der Waals surface area contributed by atoms with Crippen LogP contribution in [0.25, 0.3) is 0 Å². The third-order valence-electron chi connectivity index (χ3n) is 2.85. The minimum Gasteiger partial charge on any atom is -0.497 e. The highest BCUT2D eigenvalue weighted by atomic mass is 32.1. The fraction of sp³-hybridized carbons (Fsp3) is 0.200. The zero-order valence-corrected chi connectivity index (χ0v) is 12.4. The highest BCUT2D eigenvalue weighted by Gasteiger charge is 2.12. The molecule has 0 fully saturated rings. The Kier molecular flexibility index (Phi) is 5.34. The van der Waals surface area contributed by atoms with Crippen molar-refractivity contribution < 1.29 is 14.3 Å². The average Bonchev–Trinajstić information content (AvgIpc) is 3.04. The third-order valence-corrected chi connectivity index (χ3v) is 3.58. The van der Waals surface area contributed by atoms with Crippen LogP contribution in [0.2, 0.25) is 0 Å². The first-order valence-corrected chi connectivity index (χ1v) is 7.33. The molecule has 2 rings (SSSR count). The summed E-state index contributed by atoms with van der Waals surface area (Å²) < 4.78 is 5.05. The lowest BCUT2D eigenvalue weighted by atomic mass is 10.2. The van der Waals surface area contributed by atoms with E-state index in [1.54, 1.807) is 30.6 Å². The molecular weight excluding hydrogens is 288 g/mol. The first-order valence-electron chi connectivity index (χ1n) is 6.39. The fourth-order valence-electron chi connectivity index (χ4n) is 1.66. The maximum absolute atomic E-state index is 11.7. The van der Waals surface area contributed by atoms with Crippen molar-refractivity contribution in [2.24, 2.45) is 0 Å². The Morgan fingerprint density at radius 1 is 1.00 bits per heavy atom. The molecule has 1 aromatic carbocycles. The number of carbonyl (C=O) groups excluding carboxylic acids is 2. The van der Waals surface area contributed by atoms with Gasteiger partial charge in [0.2, 0.25) is 0 Å². The Hall–Kier alpha value is -2.34. The van der Waals surface area contributed by atoms with Crippen LogP contribution in [0, 0.1) is 0 Å². The van der Waals surface area contributed by atoms with Gasteiger partial charge in [-0.2, -0.15) is 11.3 Å². The van der Waals surface area contributed by atoms with Crippen molar-refractivity contribution in [2.75, 3.05) is 7.11 Å². The summed E-state index contributed by atoms with van der Waals surface area (Å²) in [7, 11) is 1.59. The molecule has 0 spiro atoms. The summed E-state index contributed by atoms with van der Waals surface area (Å²) in [5, 5.41) is 9.00. The molecule has 0 radical (unpaired) electrons. The van der Waals surface area contributed by atoms with E-state index in [9.17, 15) is 9.59 Å². The van der Waals surface area contributed by atoms with Gasteiger partial charge in [0.15, 0.2) is 0 Å². The number of benzene rings is 1. The summed E-state index contributed by atoms with van der Waals surface area (Å²) >= 11 is 1.55. The smallest absolute Gasteiger partial charge is 0.309 e. The molecule has 0 atom stereocenters. The van der Waals surface area contributed by atoms with Gasteiger partial charge < -0.3 is 15.4 Å². The van der Waals surface area contributed by atoms with Crippen LogP contribution in [0.5, 0.6) is 5.75 Å². The topological polar surface area (TPSA) is 67.4 Å². The van der Waals surface area contributed by atoms with Crippen molar-refractivity contribution in [3.63, 3.8) is 0 Å². The van der Waals surface area contributed by atoms with E-state index in [0.717, 1.165) is 16.9 Å². The summed E-state index contributed by atoms with van der Waals surface area (Å²) in [5.41, 5.74) is 1.88. The SMILES string of the molecule is COc1ccc(CNC(=O)C(=O)NCc2ccsc2)cc1. The van der Waals surface area contributed by atoms with Crippen LogP contribution >= 0.6 is 11.3 Å². The molecule has 0 saturated carbocycles. The molecule has 21 heavy (non-hydrogen) atoms. The second kappa shape index (κ2) is 7.44. The second-order valence-electron chi connectivity index (χ2n) is 4.35. The molecule has 0 unspecified atom stereocenters. The van der Waals surface area contributed by atoms with Gasteiger partial charge in [-0.1, -0.05) is 12.1 Å². The van der Waals surface area contributed by atoms with E-state index in [1.165, 1.54) is 0 Å². The molecule has 5 nitrogen and oxygen atoms in total. The van der Waals surface area contributed by atoms with E-state index in [4.69, 9.17) is 4.74 Å². The third kappa shape index (κ3) is 4.61. The molecule has 0 saturated heterocycles. The molecule has 2 aromatic rings. The van der Waals surface area contributed by atoms with Crippen LogP contribution < -0.4 is 15.4 Å². The van der Waals surface area contributed by atoms with E-state index in [1.807, 2.05) is 29.0 Å². The first-order chi connectivity index (χ1) is 10.2. The van der Waals surface area contributed by atoms with Gasteiger partial charge in [-0.25, -0.2) is 0 Å². The maximum Gasteiger partial charge on any atom is 0.309 e. The van der Waals surface area contributed by atoms with E-state index in [0.29, 0.717) is 13.1 Å². The number of rotatable bonds is 5. The predicted molar refractivity (Wildman–Crippen MR) is 81.0 cm³/mol. The van der Waals surface area contributed by atoms with Crippen molar-refractivity contribution >= 4 is 23.2 Å². The number of methoxy groups -OCH3 is 1. The molecule has 2 amide bonds. The van der Waals surface area contributed by atoms with Crippen LogP contribution in [0.3, 0.4) is 0 Å². The molecule has 1 aromatic heterocycles. The van der Waals surface area contributed by atoms with Crippen LogP contribution in [0.1, 0.15) is 11.1 Å². The molecule has 2 N–H and O–H groups in total. The Balaban J connectivity index is 1.76. The minimum absolute atomic E-state index is 0.300. The lowest BCUT2D eigenvalue weighted by molar-refractivity contribution is -0.139. The van der Waals surface area contributed by atoms with Gasteiger partial charge in [-0.15, -0.1) is 0 Å². The fourth-order valence-corrected chi connectivity index (χ4v) is 2.33. The van der Waals surface area contributed by atoms with Crippen LogP contribution in [0.4, 0.5) is 0 Å². The maximum atomic E-state index is 11.7. The summed E-state index contributed by atoms with van der Waals surface area (Å²) in [5.74, 6) is -0.519. The van der Waals surface area contributed by atoms with Gasteiger partial charge >= 0.3 is 11.8 Å². The number of nitrogens with one attached hydrogen (secondary N) is 2. The summed E-state index contributed by atoms with van der Waals surface area (Å²) in [6, 6.07) is 9.18. The van der Waals surface area contributed by atoms with Crippen LogP contribution in [0.15, 0.2) is 41.1 Å². The quantitative estimate of drug-likeness (QED) is 0.826. The molecule has 110 valence electrons. The monoisotopic (exact) mass is 304 g/mol. The second-order valence-corrected chi connectivity index (χ2v) is 5.13. The number of hydrogen-bond donors (Lipinski definition) is 2. The Bertz CT molecular complexity index is 594. The number of amides is 2. The van der Waals surface area contributed by atoms with Crippen molar-refractivity contribution in [1.29, 1.82) is 0 Å². The van der Waals surface area contributed by atoms with Crippen molar-refractivity contribution in [3.8, 4) is 5.75 Å². The predicted octanol–water partition coefficient (Wildman–Crippen LogP) is 1.69. The Morgan fingerprint density at radius 2 is 1.62 bits per heavy atom. The lowest BCUT2D eigenvalue weighted by Gasteiger charge is -2.06. The van der Waals surface area contributed by atoms with Gasteiger partial charge in [0.25, 0.3) is 0 Å². The van der Waals surface area contributed by atoms with E-state index in [2.05, 4.69) is 10.6 Å². The molecular formula is C15H16N2O3S. The van der Waals surface area contributed by atoms with E-state index in [-0.39, 0.29) is 0 Å². The largest absolute Gasteiger partial charge is 0.497 e. The van der Waals surface area contributed by atoms with Crippen molar-refractivity contribution in [3.05, 3.63) is 52.2 Å². The number of ether oxygens (including phenoxy) is 1. The zero-order valence-electron chi connectivity index (χ0n) is 11.6. The molecule has 0 aliphatic carbocycles. The average molecular weight is 304 g/mol. The Labute approximate surface area is 126 Å². The molecule has 0 aliphatic heterocycles. The number of hydrogen-bond acceptors (Lipinski definition) is 4. The van der Waals surface area contributed by atoms with Gasteiger partial charge in [0, 0.05) is 13.1 Å². The molecule has 6 heteroatoms. The van der Waals surface area contributed by atoms with Gasteiger partial charge in [-0.3, -0.25) is 9.59 Å². The molecule has 0 aliphatic rings. The van der Waals surface area contributed by atoms with Crippen molar-refractivity contribution in [2.45, 2.75) is 13.1 Å². The first kappa shape index (κ1) is 15.1. The standard InChI is InChI=1S/C15H16N2O3S/c1-20-13-4-2-11(3-5-13)8-16-14(18)15(19)17-9-12-6-7-21-10-12/h2-7,10H,8-9H2,1H3,(H,16,18)(H,17,19). The van der Waals surface area contributed by atoms with E-state index < -0.39 is 11.8 Å².